The lowest BCUT2D eigenvalue weighted by molar-refractivity contribution is -0.127. The van der Waals surface area contributed by atoms with E-state index < -0.39 is 5.54 Å². The maximum Gasteiger partial charge on any atom is 0.240 e. The summed E-state index contributed by atoms with van der Waals surface area (Å²) in [5.74, 6) is 0.0665. The zero-order valence-corrected chi connectivity index (χ0v) is 12.3. The van der Waals surface area contributed by atoms with E-state index in [0.29, 0.717) is 6.04 Å². The molecule has 1 saturated carbocycles. The molecule has 0 radical (unpaired) electrons. The third-order valence-corrected chi connectivity index (χ3v) is 4.82. The Kier molecular flexibility index (Phi) is 5.22. The van der Waals surface area contributed by atoms with Crippen molar-refractivity contribution in [3.8, 4) is 0 Å². The lowest BCUT2D eigenvalue weighted by Crippen LogP contribution is -2.56. The molecule has 0 aromatic carbocycles. The summed E-state index contributed by atoms with van der Waals surface area (Å²) in [4.78, 5) is 14.7. The van der Waals surface area contributed by atoms with Gasteiger partial charge in [0.15, 0.2) is 0 Å². The highest BCUT2D eigenvalue weighted by atomic mass is 16.2. The van der Waals surface area contributed by atoms with Gasteiger partial charge in [-0.05, 0) is 39.2 Å². The molecule has 2 fully saturated rings. The summed E-state index contributed by atoms with van der Waals surface area (Å²) < 4.78 is 0. The minimum absolute atomic E-state index is 0.0665. The molecule has 110 valence electrons. The molecule has 0 spiro atoms. The molecule has 19 heavy (non-hydrogen) atoms. The van der Waals surface area contributed by atoms with Crippen LogP contribution in [-0.4, -0.2) is 42.0 Å². The van der Waals surface area contributed by atoms with Gasteiger partial charge in [0, 0.05) is 19.1 Å². The second-order valence-corrected chi connectivity index (χ2v) is 6.35. The average Bonchev–Trinajstić information content (AvgIpc) is 2.41. The van der Waals surface area contributed by atoms with Gasteiger partial charge in [-0.15, -0.1) is 0 Å². The maximum absolute atomic E-state index is 12.2. The van der Waals surface area contributed by atoms with Crippen molar-refractivity contribution in [1.82, 2.24) is 10.2 Å². The fourth-order valence-corrected chi connectivity index (χ4v) is 3.39. The molecule has 1 atom stereocenters. The van der Waals surface area contributed by atoms with E-state index in [1.807, 2.05) is 0 Å². The first-order valence-corrected chi connectivity index (χ1v) is 7.93. The van der Waals surface area contributed by atoms with E-state index in [0.717, 1.165) is 38.8 Å². The van der Waals surface area contributed by atoms with Crippen molar-refractivity contribution in [2.45, 2.75) is 69.9 Å². The van der Waals surface area contributed by atoms with Gasteiger partial charge in [0.2, 0.25) is 5.91 Å². The third kappa shape index (κ3) is 3.93. The monoisotopic (exact) mass is 267 g/mol. The number of amides is 1. The van der Waals surface area contributed by atoms with E-state index in [2.05, 4.69) is 17.1 Å². The molecule has 2 rings (SSSR count). The van der Waals surface area contributed by atoms with Crippen molar-refractivity contribution in [1.29, 1.82) is 0 Å². The molecule has 0 aromatic rings. The Morgan fingerprint density at radius 3 is 2.68 bits per heavy atom. The van der Waals surface area contributed by atoms with Crippen LogP contribution in [-0.2, 0) is 4.79 Å². The zero-order valence-electron chi connectivity index (χ0n) is 12.3. The van der Waals surface area contributed by atoms with E-state index in [1.165, 1.54) is 32.2 Å². The number of carbonyl (C=O) groups excluding carboxylic acids is 1. The number of hydrogen-bond acceptors (Lipinski definition) is 3. The Labute approximate surface area is 117 Å². The molecule has 1 unspecified atom stereocenters. The molecule has 1 aliphatic carbocycles. The second kappa shape index (κ2) is 6.71. The van der Waals surface area contributed by atoms with E-state index in [1.54, 1.807) is 0 Å². The van der Waals surface area contributed by atoms with Crippen LogP contribution in [0.15, 0.2) is 0 Å². The van der Waals surface area contributed by atoms with Crippen LogP contribution in [0.25, 0.3) is 0 Å². The number of nitrogens with one attached hydrogen (secondary N) is 1. The van der Waals surface area contributed by atoms with Crippen molar-refractivity contribution in [3.05, 3.63) is 0 Å². The van der Waals surface area contributed by atoms with Crippen molar-refractivity contribution >= 4 is 5.91 Å². The summed E-state index contributed by atoms with van der Waals surface area (Å²) in [6, 6.07) is 0.659. The molecule has 1 saturated heterocycles. The molecule has 3 N–H and O–H groups in total. The fraction of sp³-hybridized carbons (Fsp3) is 0.933. The molecule has 0 aromatic heterocycles. The van der Waals surface area contributed by atoms with Crippen molar-refractivity contribution in [2.75, 3.05) is 19.6 Å². The topological polar surface area (TPSA) is 58.4 Å². The van der Waals surface area contributed by atoms with Gasteiger partial charge >= 0.3 is 0 Å². The number of nitrogens with two attached hydrogens (primary N) is 1. The number of carbonyl (C=O) groups is 1. The third-order valence-electron chi connectivity index (χ3n) is 4.82. The molecular formula is C15H29N3O. The number of piperidine rings is 1. The quantitative estimate of drug-likeness (QED) is 0.814. The van der Waals surface area contributed by atoms with Gasteiger partial charge in [-0.3, -0.25) is 9.69 Å². The maximum atomic E-state index is 12.2. The highest BCUT2D eigenvalue weighted by Crippen LogP contribution is 2.25. The lowest BCUT2D eigenvalue weighted by Gasteiger charge is -2.35. The van der Waals surface area contributed by atoms with Crippen LogP contribution in [0.4, 0.5) is 0 Å². The highest BCUT2D eigenvalue weighted by Gasteiger charge is 2.34. The van der Waals surface area contributed by atoms with Gasteiger partial charge in [0.25, 0.3) is 0 Å². The largest absolute Gasteiger partial charge is 0.353 e. The Morgan fingerprint density at radius 1 is 1.26 bits per heavy atom. The predicted octanol–water partition coefficient (Wildman–Crippen LogP) is 1.64. The summed E-state index contributed by atoms with van der Waals surface area (Å²) in [5.41, 5.74) is 5.63. The van der Waals surface area contributed by atoms with Gasteiger partial charge in [0.05, 0.1) is 5.54 Å². The second-order valence-electron chi connectivity index (χ2n) is 6.35. The summed E-state index contributed by atoms with van der Waals surface area (Å²) >= 11 is 0. The van der Waals surface area contributed by atoms with Crippen LogP contribution < -0.4 is 11.1 Å². The van der Waals surface area contributed by atoms with Crippen molar-refractivity contribution in [3.63, 3.8) is 0 Å². The Hall–Kier alpha value is -0.610. The van der Waals surface area contributed by atoms with Crippen LogP contribution in [0.3, 0.4) is 0 Å². The van der Waals surface area contributed by atoms with E-state index in [9.17, 15) is 4.79 Å². The number of nitrogens with zero attached hydrogens (tertiary/aromatic N) is 1. The van der Waals surface area contributed by atoms with Gasteiger partial charge in [-0.1, -0.05) is 25.7 Å². The highest BCUT2D eigenvalue weighted by molar-refractivity contribution is 5.86. The Morgan fingerprint density at radius 2 is 2.00 bits per heavy atom. The van der Waals surface area contributed by atoms with Crippen LogP contribution >= 0.6 is 0 Å². The molecule has 1 aliphatic heterocycles. The van der Waals surface area contributed by atoms with E-state index >= 15 is 0 Å². The smallest absolute Gasteiger partial charge is 0.240 e. The summed E-state index contributed by atoms with van der Waals surface area (Å²) in [6.07, 6.45) is 9.01. The number of likely N-dealkylation sites (tertiary alicyclic amines) is 1. The molecule has 4 nitrogen and oxygen atoms in total. The Bertz CT molecular complexity index is 300. The first-order valence-electron chi connectivity index (χ1n) is 7.93. The number of rotatable bonds is 4. The van der Waals surface area contributed by atoms with Gasteiger partial charge in [-0.2, -0.15) is 0 Å². The fourth-order valence-electron chi connectivity index (χ4n) is 3.39. The number of hydrogen-bond donors (Lipinski definition) is 2. The van der Waals surface area contributed by atoms with Gasteiger partial charge in [0.1, 0.15) is 0 Å². The molecular weight excluding hydrogens is 238 g/mol. The zero-order chi connectivity index (χ0) is 13.7. The summed E-state index contributed by atoms with van der Waals surface area (Å²) in [7, 11) is 0. The predicted molar refractivity (Wildman–Crippen MR) is 77.9 cm³/mol. The molecule has 1 heterocycles. The molecule has 0 bridgehead atoms. The Balaban J connectivity index is 1.71. The minimum Gasteiger partial charge on any atom is -0.353 e. The first kappa shape index (κ1) is 14.8. The normalized spacial score (nSPS) is 28.0. The summed E-state index contributed by atoms with van der Waals surface area (Å²) in [6.45, 7) is 5.16. The molecule has 1 amide bonds. The first-order chi connectivity index (χ1) is 9.12. The summed E-state index contributed by atoms with van der Waals surface area (Å²) in [5, 5.41) is 3.06. The molecule has 2 aliphatic rings. The van der Waals surface area contributed by atoms with Crippen LogP contribution in [0, 0.1) is 0 Å². The van der Waals surface area contributed by atoms with E-state index in [-0.39, 0.29) is 5.91 Å². The lowest BCUT2D eigenvalue weighted by atomic mass is 9.82. The van der Waals surface area contributed by atoms with Crippen LogP contribution in [0.2, 0.25) is 0 Å². The SMILES string of the molecule is CC1CCCCN1CCNC(=O)C1(N)CCCCC1. The van der Waals surface area contributed by atoms with Crippen molar-refractivity contribution in [2.24, 2.45) is 5.73 Å². The minimum atomic E-state index is -0.592. The average molecular weight is 267 g/mol. The van der Waals surface area contributed by atoms with Crippen LogP contribution in [0.1, 0.15) is 58.3 Å². The van der Waals surface area contributed by atoms with Crippen LogP contribution in [0.5, 0.6) is 0 Å². The molecule has 4 heteroatoms. The van der Waals surface area contributed by atoms with Crippen molar-refractivity contribution < 1.29 is 4.79 Å². The van der Waals surface area contributed by atoms with Gasteiger partial charge < -0.3 is 11.1 Å². The van der Waals surface area contributed by atoms with Gasteiger partial charge in [-0.25, -0.2) is 0 Å². The van der Waals surface area contributed by atoms with E-state index in [4.69, 9.17) is 5.73 Å². The standard InChI is InChI=1S/C15H29N3O/c1-13-7-3-6-11-18(13)12-10-17-14(19)15(16)8-4-2-5-9-15/h13H,2-12,16H2,1H3,(H,17,19).